The van der Waals surface area contributed by atoms with Crippen LogP contribution in [-0.4, -0.2) is 13.2 Å². The predicted octanol–water partition coefficient (Wildman–Crippen LogP) is 2.77. The molecule has 1 saturated heterocycles. The number of ether oxygens (including phenoxy) is 1. The van der Waals surface area contributed by atoms with E-state index in [-0.39, 0.29) is 0 Å². The summed E-state index contributed by atoms with van der Waals surface area (Å²) < 4.78 is 5.85. The van der Waals surface area contributed by atoms with Crippen molar-refractivity contribution in [3.05, 3.63) is 34.9 Å². The molecular weight excluding hydrogens is 210 g/mol. The minimum atomic E-state index is -0.440. The Morgan fingerprint density at radius 1 is 1.47 bits per heavy atom. The molecule has 0 spiro atoms. The lowest BCUT2D eigenvalue weighted by molar-refractivity contribution is -0.106. The topological polar surface area (TPSA) is 21.3 Å². The summed E-state index contributed by atoms with van der Waals surface area (Å²) in [4.78, 5) is 0. The first-order chi connectivity index (χ1) is 7.12. The summed E-state index contributed by atoms with van der Waals surface area (Å²) in [6.45, 7) is 5.93. The Hall–Kier alpha value is -0.570. The van der Waals surface area contributed by atoms with Crippen molar-refractivity contribution in [3.63, 3.8) is 0 Å². The van der Waals surface area contributed by atoms with Crippen LogP contribution in [0.1, 0.15) is 19.4 Å². The Morgan fingerprint density at radius 2 is 2.20 bits per heavy atom. The summed E-state index contributed by atoms with van der Waals surface area (Å²) in [5, 5.41) is 4.15. The van der Waals surface area contributed by atoms with Crippen molar-refractivity contribution in [1.29, 1.82) is 0 Å². The van der Waals surface area contributed by atoms with Gasteiger partial charge in [-0.2, -0.15) is 0 Å². The summed E-state index contributed by atoms with van der Waals surface area (Å²) >= 11 is 6.16. The zero-order valence-corrected chi connectivity index (χ0v) is 9.84. The Bertz CT molecular complexity index is 345. The predicted molar refractivity (Wildman–Crippen MR) is 61.9 cm³/mol. The first-order valence-corrected chi connectivity index (χ1v) is 5.63. The summed E-state index contributed by atoms with van der Waals surface area (Å²) in [7, 11) is 0. The van der Waals surface area contributed by atoms with E-state index in [9.17, 15) is 0 Å². The van der Waals surface area contributed by atoms with Crippen molar-refractivity contribution in [1.82, 2.24) is 5.32 Å². The smallest absolute Gasteiger partial charge is 0.143 e. The largest absolute Gasteiger partial charge is 0.356 e. The highest BCUT2D eigenvalue weighted by Gasteiger charge is 2.33. The molecular formula is C12H16ClNO. The summed E-state index contributed by atoms with van der Waals surface area (Å²) in [5.74, 6) is 0.556. The van der Waals surface area contributed by atoms with E-state index in [0.717, 1.165) is 23.7 Å². The van der Waals surface area contributed by atoms with E-state index in [1.807, 2.05) is 31.2 Å². The van der Waals surface area contributed by atoms with E-state index in [1.165, 1.54) is 0 Å². The summed E-state index contributed by atoms with van der Waals surface area (Å²) in [6, 6.07) is 7.81. The minimum Gasteiger partial charge on any atom is -0.356 e. The SMILES string of the molecule is CC1CNC(C)(c2ccccc2Cl)OC1. The molecule has 2 unspecified atom stereocenters. The lowest BCUT2D eigenvalue weighted by Crippen LogP contribution is -2.50. The van der Waals surface area contributed by atoms with Crippen LogP contribution in [0.25, 0.3) is 0 Å². The molecule has 2 nitrogen and oxygen atoms in total. The first kappa shape index (κ1) is 10.9. The molecule has 3 heteroatoms. The number of halogens is 1. The van der Waals surface area contributed by atoms with Gasteiger partial charge in [-0.25, -0.2) is 0 Å². The molecule has 2 rings (SSSR count). The fourth-order valence-electron chi connectivity index (χ4n) is 1.81. The Balaban J connectivity index is 2.26. The molecule has 1 aliphatic heterocycles. The third kappa shape index (κ3) is 2.17. The van der Waals surface area contributed by atoms with Gasteiger partial charge in [-0.15, -0.1) is 0 Å². The monoisotopic (exact) mass is 225 g/mol. The van der Waals surface area contributed by atoms with E-state index >= 15 is 0 Å². The lowest BCUT2D eigenvalue weighted by atomic mass is 10.0. The van der Waals surface area contributed by atoms with Crippen LogP contribution < -0.4 is 5.32 Å². The molecule has 1 N–H and O–H groups in total. The van der Waals surface area contributed by atoms with Gasteiger partial charge in [0.1, 0.15) is 5.72 Å². The molecule has 1 aromatic rings. The molecule has 1 fully saturated rings. The maximum absolute atomic E-state index is 6.16. The van der Waals surface area contributed by atoms with Gasteiger partial charge in [-0.05, 0) is 18.9 Å². The second-order valence-electron chi connectivity index (χ2n) is 4.31. The van der Waals surface area contributed by atoms with Crippen molar-refractivity contribution >= 4 is 11.6 Å². The Labute approximate surface area is 95.6 Å². The molecule has 0 amide bonds. The van der Waals surface area contributed by atoms with Crippen LogP contribution in [0.15, 0.2) is 24.3 Å². The van der Waals surface area contributed by atoms with Gasteiger partial charge < -0.3 is 4.74 Å². The fraction of sp³-hybridized carbons (Fsp3) is 0.500. The van der Waals surface area contributed by atoms with Crippen molar-refractivity contribution < 1.29 is 4.74 Å². The standard InChI is InChI=1S/C12H16ClNO/c1-9-7-14-12(2,15-8-9)10-5-3-4-6-11(10)13/h3-6,9,14H,7-8H2,1-2H3. The molecule has 1 aliphatic rings. The molecule has 15 heavy (non-hydrogen) atoms. The quantitative estimate of drug-likeness (QED) is 0.794. The van der Waals surface area contributed by atoms with Crippen LogP contribution in [0.2, 0.25) is 5.02 Å². The maximum Gasteiger partial charge on any atom is 0.143 e. The number of hydrogen-bond acceptors (Lipinski definition) is 2. The third-order valence-electron chi connectivity index (χ3n) is 2.83. The van der Waals surface area contributed by atoms with Crippen LogP contribution in [0.4, 0.5) is 0 Å². The van der Waals surface area contributed by atoms with Gasteiger partial charge >= 0.3 is 0 Å². The van der Waals surface area contributed by atoms with Gasteiger partial charge in [-0.1, -0.05) is 36.7 Å². The molecule has 2 atom stereocenters. The molecule has 0 bridgehead atoms. The zero-order valence-electron chi connectivity index (χ0n) is 9.09. The highest BCUT2D eigenvalue weighted by atomic mass is 35.5. The zero-order chi connectivity index (χ0) is 10.9. The van der Waals surface area contributed by atoms with E-state index in [1.54, 1.807) is 0 Å². The van der Waals surface area contributed by atoms with E-state index < -0.39 is 5.72 Å². The van der Waals surface area contributed by atoms with Crippen LogP contribution in [-0.2, 0) is 10.5 Å². The molecule has 0 saturated carbocycles. The van der Waals surface area contributed by atoms with Gasteiger partial charge in [0.05, 0.1) is 6.61 Å². The highest BCUT2D eigenvalue weighted by molar-refractivity contribution is 6.31. The van der Waals surface area contributed by atoms with Gasteiger partial charge in [0.2, 0.25) is 0 Å². The number of hydrogen-bond donors (Lipinski definition) is 1. The van der Waals surface area contributed by atoms with Gasteiger partial charge in [0.15, 0.2) is 0 Å². The molecule has 0 radical (unpaired) electrons. The second-order valence-corrected chi connectivity index (χ2v) is 4.72. The summed E-state index contributed by atoms with van der Waals surface area (Å²) in [5.41, 5.74) is 0.573. The molecule has 1 heterocycles. The number of rotatable bonds is 1. The van der Waals surface area contributed by atoms with Gasteiger partial charge in [0.25, 0.3) is 0 Å². The average Bonchev–Trinajstić information content (AvgIpc) is 2.23. The van der Waals surface area contributed by atoms with E-state index in [2.05, 4.69) is 12.2 Å². The van der Waals surface area contributed by atoms with Crippen molar-refractivity contribution in [2.75, 3.05) is 13.2 Å². The normalized spacial score (nSPS) is 31.5. The fourth-order valence-corrected chi connectivity index (χ4v) is 2.12. The molecule has 1 aromatic carbocycles. The Morgan fingerprint density at radius 3 is 2.80 bits per heavy atom. The van der Waals surface area contributed by atoms with Crippen LogP contribution >= 0.6 is 11.6 Å². The van der Waals surface area contributed by atoms with Crippen LogP contribution in [0, 0.1) is 5.92 Å². The van der Waals surface area contributed by atoms with E-state index in [0.29, 0.717) is 5.92 Å². The second kappa shape index (κ2) is 4.12. The summed E-state index contributed by atoms with van der Waals surface area (Å²) in [6.07, 6.45) is 0. The highest BCUT2D eigenvalue weighted by Crippen LogP contribution is 2.31. The van der Waals surface area contributed by atoms with Crippen molar-refractivity contribution in [2.24, 2.45) is 5.92 Å². The minimum absolute atomic E-state index is 0.440. The van der Waals surface area contributed by atoms with Crippen LogP contribution in [0.5, 0.6) is 0 Å². The number of nitrogens with one attached hydrogen (secondary N) is 1. The lowest BCUT2D eigenvalue weighted by Gasteiger charge is -2.38. The Kier molecular flexibility index (Phi) is 3.01. The average molecular weight is 226 g/mol. The van der Waals surface area contributed by atoms with Crippen LogP contribution in [0.3, 0.4) is 0 Å². The van der Waals surface area contributed by atoms with E-state index in [4.69, 9.17) is 16.3 Å². The maximum atomic E-state index is 6.16. The van der Waals surface area contributed by atoms with Gasteiger partial charge in [0, 0.05) is 17.1 Å². The van der Waals surface area contributed by atoms with Crippen molar-refractivity contribution in [2.45, 2.75) is 19.6 Å². The number of benzene rings is 1. The molecule has 0 aliphatic carbocycles. The molecule has 0 aromatic heterocycles. The van der Waals surface area contributed by atoms with Gasteiger partial charge in [-0.3, -0.25) is 5.32 Å². The van der Waals surface area contributed by atoms with Crippen molar-refractivity contribution in [3.8, 4) is 0 Å². The molecule has 82 valence electrons. The first-order valence-electron chi connectivity index (χ1n) is 5.26. The third-order valence-corrected chi connectivity index (χ3v) is 3.16.